The minimum absolute atomic E-state index is 0.107. The van der Waals surface area contributed by atoms with Crippen molar-refractivity contribution >= 4 is 6.09 Å². The summed E-state index contributed by atoms with van der Waals surface area (Å²) in [7, 11) is 0. The predicted molar refractivity (Wildman–Crippen MR) is 90.7 cm³/mol. The van der Waals surface area contributed by atoms with Crippen molar-refractivity contribution in [2.24, 2.45) is 17.6 Å². The van der Waals surface area contributed by atoms with Crippen LogP contribution in [0.1, 0.15) is 46.5 Å². The molecular weight excluding hydrogens is 308 g/mol. The van der Waals surface area contributed by atoms with Gasteiger partial charge in [-0.3, -0.25) is 0 Å². The number of rotatable bonds is 2. The summed E-state index contributed by atoms with van der Waals surface area (Å²) in [5.41, 5.74) is 6.06. The third-order valence-electron chi connectivity index (χ3n) is 5.56. The molecule has 0 aromatic heterocycles. The quantitative estimate of drug-likeness (QED) is 0.834. The molecule has 0 aromatic carbocycles. The summed E-state index contributed by atoms with van der Waals surface area (Å²) in [6.45, 7) is 9.40. The van der Waals surface area contributed by atoms with Crippen LogP contribution in [0.3, 0.4) is 0 Å². The van der Waals surface area contributed by atoms with Crippen molar-refractivity contribution in [2.75, 3.05) is 32.9 Å². The van der Waals surface area contributed by atoms with Crippen LogP contribution in [-0.2, 0) is 14.2 Å². The number of hydrogen-bond acceptors (Lipinski definition) is 5. The maximum Gasteiger partial charge on any atom is 0.410 e. The van der Waals surface area contributed by atoms with Crippen molar-refractivity contribution in [2.45, 2.75) is 63.7 Å². The van der Waals surface area contributed by atoms with Gasteiger partial charge in [0.05, 0.1) is 12.2 Å². The Balaban J connectivity index is 1.54. The van der Waals surface area contributed by atoms with E-state index in [-0.39, 0.29) is 17.7 Å². The molecule has 0 aromatic rings. The Labute approximate surface area is 145 Å². The van der Waals surface area contributed by atoms with Crippen LogP contribution in [0.2, 0.25) is 0 Å². The first kappa shape index (κ1) is 18.0. The average molecular weight is 340 g/mol. The first-order chi connectivity index (χ1) is 11.3. The molecule has 0 saturated carbocycles. The lowest BCUT2D eigenvalue weighted by Gasteiger charge is -2.40. The van der Waals surface area contributed by atoms with Crippen LogP contribution in [0, 0.1) is 11.8 Å². The van der Waals surface area contributed by atoms with E-state index >= 15 is 0 Å². The lowest BCUT2D eigenvalue weighted by atomic mass is 9.77. The lowest BCUT2D eigenvalue weighted by molar-refractivity contribution is -0.103. The van der Waals surface area contributed by atoms with E-state index in [9.17, 15) is 4.79 Å². The van der Waals surface area contributed by atoms with E-state index in [4.69, 9.17) is 19.9 Å². The molecule has 3 fully saturated rings. The molecule has 0 aliphatic carbocycles. The third kappa shape index (κ3) is 4.03. The molecule has 6 nitrogen and oxygen atoms in total. The Morgan fingerprint density at radius 1 is 1.29 bits per heavy atom. The highest BCUT2D eigenvalue weighted by atomic mass is 16.6. The number of likely N-dealkylation sites (tertiary alicyclic amines) is 1. The van der Waals surface area contributed by atoms with Crippen LogP contribution in [0.4, 0.5) is 4.79 Å². The van der Waals surface area contributed by atoms with Crippen LogP contribution in [-0.4, -0.2) is 61.1 Å². The minimum atomic E-state index is -0.452. The zero-order chi connectivity index (χ0) is 17.4. The normalized spacial score (nSPS) is 35.4. The zero-order valence-corrected chi connectivity index (χ0v) is 15.3. The summed E-state index contributed by atoms with van der Waals surface area (Å²) in [4.78, 5) is 14.0. The molecule has 0 radical (unpaired) electrons. The maximum atomic E-state index is 12.2. The number of amides is 1. The first-order valence-electron chi connectivity index (χ1n) is 9.23. The number of hydrogen-bond donors (Lipinski definition) is 1. The first-order valence-corrected chi connectivity index (χ1v) is 9.23. The van der Waals surface area contributed by atoms with Gasteiger partial charge in [-0.05, 0) is 51.9 Å². The zero-order valence-electron chi connectivity index (χ0n) is 15.3. The van der Waals surface area contributed by atoms with Crippen LogP contribution >= 0.6 is 0 Å². The Hall–Kier alpha value is -0.850. The highest BCUT2D eigenvalue weighted by molar-refractivity contribution is 5.68. The molecule has 4 atom stereocenters. The molecule has 138 valence electrons. The van der Waals surface area contributed by atoms with Crippen LogP contribution in [0.25, 0.3) is 0 Å². The van der Waals surface area contributed by atoms with Gasteiger partial charge in [0.25, 0.3) is 0 Å². The van der Waals surface area contributed by atoms with Gasteiger partial charge in [0, 0.05) is 38.8 Å². The second-order valence-electron chi connectivity index (χ2n) is 8.64. The Morgan fingerprint density at radius 3 is 2.75 bits per heavy atom. The highest BCUT2D eigenvalue weighted by Gasteiger charge is 2.44. The van der Waals surface area contributed by atoms with Crippen molar-refractivity contribution in [3.8, 4) is 0 Å². The van der Waals surface area contributed by atoms with Gasteiger partial charge >= 0.3 is 6.09 Å². The number of nitrogens with two attached hydrogens (primary N) is 1. The monoisotopic (exact) mass is 340 g/mol. The van der Waals surface area contributed by atoms with Crippen molar-refractivity contribution in [1.82, 2.24) is 4.90 Å². The summed E-state index contributed by atoms with van der Waals surface area (Å²) >= 11 is 0. The molecule has 3 aliphatic rings. The molecule has 6 heteroatoms. The fraction of sp³-hybridized carbons (Fsp3) is 0.944. The topological polar surface area (TPSA) is 74.0 Å². The van der Waals surface area contributed by atoms with Gasteiger partial charge in [-0.2, -0.15) is 0 Å². The summed E-state index contributed by atoms with van der Waals surface area (Å²) in [6, 6.07) is 0.110. The van der Waals surface area contributed by atoms with Crippen molar-refractivity contribution in [1.29, 1.82) is 0 Å². The number of carbonyl (C=O) groups excluding carboxylic acids is 1. The fourth-order valence-corrected chi connectivity index (χ4v) is 4.24. The smallest absolute Gasteiger partial charge is 0.410 e. The van der Waals surface area contributed by atoms with Crippen molar-refractivity contribution in [3.63, 3.8) is 0 Å². The van der Waals surface area contributed by atoms with Gasteiger partial charge in [-0.15, -0.1) is 0 Å². The van der Waals surface area contributed by atoms with Crippen LogP contribution in [0.5, 0.6) is 0 Å². The SMILES string of the molecule is CC(C)(C)OC(=O)N1CCC(C(N)C2CCOC3(CCOC3)C2)C1. The fourth-order valence-electron chi connectivity index (χ4n) is 4.24. The van der Waals surface area contributed by atoms with Gasteiger partial charge in [-0.1, -0.05) is 0 Å². The minimum Gasteiger partial charge on any atom is -0.444 e. The van der Waals surface area contributed by atoms with E-state index in [0.717, 1.165) is 45.4 Å². The number of carbonyl (C=O) groups is 1. The summed E-state index contributed by atoms with van der Waals surface area (Å²) in [5.74, 6) is 0.795. The molecule has 4 unspecified atom stereocenters. The molecule has 0 bridgehead atoms. The van der Waals surface area contributed by atoms with Crippen LogP contribution in [0.15, 0.2) is 0 Å². The largest absolute Gasteiger partial charge is 0.444 e. The van der Waals surface area contributed by atoms with E-state index in [1.165, 1.54) is 0 Å². The summed E-state index contributed by atoms with van der Waals surface area (Å²) in [5, 5.41) is 0. The number of nitrogens with zero attached hydrogens (tertiary/aromatic N) is 1. The lowest BCUT2D eigenvalue weighted by Crippen LogP contribution is -2.48. The standard InChI is InChI=1S/C18H32N2O4/c1-17(2,3)24-16(21)20-7-4-14(11-20)15(19)13-5-8-23-18(10-13)6-9-22-12-18/h13-15H,4-12,19H2,1-3H3. The van der Waals surface area contributed by atoms with E-state index in [1.807, 2.05) is 25.7 Å². The molecule has 3 heterocycles. The van der Waals surface area contributed by atoms with Crippen LogP contribution < -0.4 is 5.73 Å². The average Bonchev–Trinajstić information content (AvgIpc) is 3.15. The third-order valence-corrected chi connectivity index (χ3v) is 5.56. The van der Waals surface area contributed by atoms with Crippen molar-refractivity contribution in [3.05, 3.63) is 0 Å². The molecule has 2 N–H and O–H groups in total. The Morgan fingerprint density at radius 2 is 2.08 bits per heavy atom. The van der Waals surface area contributed by atoms with E-state index < -0.39 is 5.60 Å². The second-order valence-corrected chi connectivity index (χ2v) is 8.64. The van der Waals surface area contributed by atoms with Gasteiger partial charge in [0.2, 0.25) is 0 Å². The Bertz CT molecular complexity index is 456. The summed E-state index contributed by atoms with van der Waals surface area (Å²) in [6.07, 6.45) is 3.71. The molecule has 3 rings (SSSR count). The second kappa shape index (κ2) is 6.81. The molecule has 1 amide bonds. The molecule has 3 aliphatic heterocycles. The molecule has 24 heavy (non-hydrogen) atoms. The number of ether oxygens (including phenoxy) is 3. The molecular formula is C18H32N2O4. The van der Waals surface area contributed by atoms with Crippen molar-refractivity contribution < 1.29 is 19.0 Å². The highest BCUT2D eigenvalue weighted by Crippen LogP contribution is 2.39. The van der Waals surface area contributed by atoms with E-state index in [1.54, 1.807) is 0 Å². The van der Waals surface area contributed by atoms with Gasteiger partial charge in [0.1, 0.15) is 5.60 Å². The maximum absolute atomic E-state index is 12.2. The van der Waals surface area contributed by atoms with Gasteiger partial charge < -0.3 is 24.8 Å². The van der Waals surface area contributed by atoms with E-state index in [2.05, 4.69) is 0 Å². The predicted octanol–water partition coefficient (Wildman–Crippen LogP) is 2.16. The molecule has 3 saturated heterocycles. The van der Waals surface area contributed by atoms with Gasteiger partial charge in [0.15, 0.2) is 0 Å². The molecule has 1 spiro atoms. The van der Waals surface area contributed by atoms with E-state index in [0.29, 0.717) is 25.0 Å². The summed E-state index contributed by atoms with van der Waals surface area (Å²) < 4.78 is 17.1. The Kier molecular flexibility index (Phi) is 5.09. The van der Waals surface area contributed by atoms with Gasteiger partial charge in [-0.25, -0.2) is 4.79 Å².